The molecule has 0 amide bonds. The number of β-amino-alcohol motifs (C(OH)–C–C–N with tert-alkyl or cyclic N) is 2. The average Bonchev–Trinajstić information content (AvgIpc) is 2.47. The SMILES string of the molecule is OCCN1CCN(CC2(O)C3CC4CC(C3)CC2C4)CC1. The molecule has 0 spiro atoms. The first-order chi connectivity index (χ1) is 10.2. The Kier molecular flexibility index (Phi) is 3.77. The molecule has 4 saturated carbocycles. The number of hydrogen-bond donors (Lipinski definition) is 2. The van der Waals surface area contributed by atoms with Crippen LogP contribution in [0.5, 0.6) is 0 Å². The summed E-state index contributed by atoms with van der Waals surface area (Å²) in [6, 6.07) is 0. The standard InChI is InChI=1S/C17H30N2O2/c20-6-5-18-1-3-19(4-2-18)12-17(21)15-8-13-7-14(10-15)11-16(17)9-13/h13-16,20-21H,1-12H2. The number of piperazine rings is 1. The largest absolute Gasteiger partial charge is 0.395 e. The molecule has 0 radical (unpaired) electrons. The third-order valence-electron chi connectivity index (χ3n) is 6.91. The van der Waals surface area contributed by atoms with Gasteiger partial charge in [0.05, 0.1) is 12.2 Å². The molecule has 0 atom stereocenters. The predicted molar refractivity (Wildman–Crippen MR) is 82.0 cm³/mol. The monoisotopic (exact) mass is 294 g/mol. The van der Waals surface area contributed by atoms with Gasteiger partial charge in [-0.2, -0.15) is 0 Å². The van der Waals surface area contributed by atoms with E-state index < -0.39 is 5.60 Å². The minimum absolute atomic E-state index is 0.261. The molecule has 1 aliphatic heterocycles. The van der Waals surface area contributed by atoms with Crippen LogP contribution in [0.4, 0.5) is 0 Å². The Labute approximate surface area is 128 Å². The minimum Gasteiger partial charge on any atom is -0.395 e. The molecule has 4 nitrogen and oxygen atoms in total. The Hall–Kier alpha value is -0.160. The highest BCUT2D eigenvalue weighted by molar-refractivity contribution is 5.08. The van der Waals surface area contributed by atoms with Crippen LogP contribution in [0.1, 0.15) is 32.1 Å². The highest BCUT2D eigenvalue weighted by Gasteiger charge is 2.56. The molecule has 1 saturated heterocycles. The fourth-order valence-electron chi connectivity index (χ4n) is 5.93. The maximum absolute atomic E-state index is 11.4. The molecule has 120 valence electrons. The molecule has 0 unspecified atom stereocenters. The molecule has 5 rings (SSSR count). The molecule has 4 bridgehead atoms. The van der Waals surface area contributed by atoms with Crippen LogP contribution < -0.4 is 0 Å². The summed E-state index contributed by atoms with van der Waals surface area (Å²) >= 11 is 0. The number of aliphatic hydroxyl groups is 2. The molecule has 0 aromatic rings. The number of nitrogens with zero attached hydrogens (tertiary/aromatic N) is 2. The van der Waals surface area contributed by atoms with Gasteiger partial charge < -0.3 is 10.2 Å². The van der Waals surface area contributed by atoms with Gasteiger partial charge in [0.1, 0.15) is 0 Å². The first kappa shape index (κ1) is 14.4. The lowest BCUT2D eigenvalue weighted by Crippen LogP contribution is -2.63. The van der Waals surface area contributed by atoms with Gasteiger partial charge in [0.25, 0.3) is 0 Å². The van der Waals surface area contributed by atoms with E-state index in [0.717, 1.165) is 51.1 Å². The second kappa shape index (κ2) is 5.48. The Morgan fingerprint density at radius 2 is 1.33 bits per heavy atom. The lowest BCUT2D eigenvalue weighted by atomic mass is 9.49. The lowest BCUT2D eigenvalue weighted by Gasteiger charge is -2.60. The number of aliphatic hydroxyl groups excluding tert-OH is 1. The number of hydrogen-bond acceptors (Lipinski definition) is 4. The molecule has 5 fully saturated rings. The zero-order valence-corrected chi connectivity index (χ0v) is 13.1. The molecule has 1 heterocycles. The predicted octanol–water partition coefficient (Wildman–Crippen LogP) is 0.783. The fraction of sp³-hybridized carbons (Fsp3) is 1.00. The van der Waals surface area contributed by atoms with Gasteiger partial charge in [-0.3, -0.25) is 9.80 Å². The zero-order valence-electron chi connectivity index (χ0n) is 13.1. The van der Waals surface area contributed by atoms with E-state index in [1.807, 2.05) is 0 Å². The van der Waals surface area contributed by atoms with E-state index in [1.54, 1.807) is 0 Å². The molecule has 4 aliphatic carbocycles. The van der Waals surface area contributed by atoms with Crippen LogP contribution in [0.2, 0.25) is 0 Å². The van der Waals surface area contributed by atoms with Crippen molar-refractivity contribution in [2.24, 2.45) is 23.7 Å². The van der Waals surface area contributed by atoms with Crippen LogP contribution in [0.15, 0.2) is 0 Å². The topological polar surface area (TPSA) is 46.9 Å². The smallest absolute Gasteiger partial charge is 0.0830 e. The van der Waals surface area contributed by atoms with Crippen molar-refractivity contribution in [1.82, 2.24) is 9.80 Å². The molecule has 5 aliphatic rings. The van der Waals surface area contributed by atoms with Crippen molar-refractivity contribution in [3.8, 4) is 0 Å². The summed E-state index contributed by atoms with van der Waals surface area (Å²) in [4.78, 5) is 4.81. The van der Waals surface area contributed by atoms with Crippen molar-refractivity contribution in [2.45, 2.75) is 37.7 Å². The maximum Gasteiger partial charge on any atom is 0.0830 e. The van der Waals surface area contributed by atoms with E-state index in [2.05, 4.69) is 9.80 Å². The van der Waals surface area contributed by atoms with Crippen LogP contribution in [0.25, 0.3) is 0 Å². The van der Waals surface area contributed by atoms with E-state index in [4.69, 9.17) is 5.11 Å². The van der Waals surface area contributed by atoms with Crippen molar-refractivity contribution in [2.75, 3.05) is 45.9 Å². The zero-order chi connectivity index (χ0) is 14.4. The quantitative estimate of drug-likeness (QED) is 0.804. The van der Waals surface area contributed by atoms with E-state index in [1.165, 1.54) is 32.1 Å². The molecule has 21 heavy (non-hydrogen) atoms. The second-order valence-electron chi connectivity index (χ2n) is 8.14. The van der Waals surface area contributed by atoms with Crippen molar-refractivity contribution >= 4 is 0 Å². The number of rotatable bonds is 4. The van der Waals surface area contributed by atoms with E-state index in [9.17, 15) is 5.11 Å². The van der Waals surface area contributed by atoms with Gasteiger partial charge in [0.2, 0.25) is 0 Å². The lowest BCUT2D eigenvalue weighted by molar-refractivity contribution is -0.184. The third-order valence-corrected chi connectivity index (χ3v) is 6.91. The van der Waals surface area contributed by atoms with Crippen molar-refractivity contribution in [1.29, 1.82) is 0 Å². The second-order valence-corrected chi connectivity index (χ2v) is 8.14. The fourth-order valence-corrected chi connectivity index (χ4v) is 5.93. The van der Waals surface area contributed by atoms with Crippen LogP contribution in [0, 0.1) is 23.7 Å². The summed E-state index contributed by atoms with van der Waals surface area (Å²) in [7, 11) is 0. The maximum atomic E-state index is 11.4. The summed E-state index contributed by atoms with van der Waals surface area (Å²) in [5.41, 5.74) is -0.396. The van der Waals surface area contributed by atoms with Gasteiger partial charge in [0.15, 0.2) is 0 Å². The van der Waals surface area contributed by atoms with E-state index in [0.29, 0.717) is 11.8 Å². The molecular formula is C17H30N2O2. The van der Waals surface area contributed by atoms with Crippen LogP contribution >= 0.6 is 0 Å². The average molecular weight is 294 g/mol. The van der Waals surface area contributed by atoms with Crippen molar-refractivity contribution in [3.63, 3.8) is 0 Å². The van der Waals surface area contributed by atoms with Gasteiger partial charge in [-0.1, -0.05) is 0 Å². The molecular weight excluding hydrogens is 264 g/mol. The normalized spacial score (nSPS) is 47.1. The summed E-state index contributed by atoms with van der Waals surface area (Å²) < 4.78 is 0. The highest BCUT2D eigenvalue weighted by atomic mass is 16.3. The summed E-state index contributed by atoms with van der Waals surface area (Å²) in [5, 5.41) is 20.4. The van der Waals surface area contributed by atoms with Crippen LogP contribution in [0.3, 0.4) is 0 Å². The van der Waals surface area contributed by atoms with Gasteiger partial charge in [0, 0.05) is 39.3 Å². The summed E-state index contributed by atoms with van der Waals surface area (Å²) in [6.45, 7) is 6.13. The van der Waals surface area contributed by atoms with Gasteiger partial charge in [-0.15, -0.1) is 0 Å². The van der Waals surface area contributed by atoms with Gasteiger partial charge >= 0.3 is 0 Å². The van der Waals surface area contributed by atoms with Crippen molar-refractivity contribution < 1.29 is 10.2 Å². The Bertz CT molecular complexity index is 351. The Morgan fingerprint density at radius 1 is 0.810 bits per heavy atom. The van der Waals surface area contributed by atoms with Crippen LogP contribution in [-0.2, 0) is 0 Å². The van der Waals surface area contributed by atoms with Crippen molar-refractivity contribution in [3.05, 3.63) is 0 Å². The van der Waals surface area contributed by atoms with Gasteiger partial charge in [-0.05, 0) is 55.8 Å². The molecule has 0 aromatic carbocycles. The minimum atomic E-state index is -0.396. The van der Waals surface area contributed by atoms with E-state index in [-0.39, 0.29) is 6.61 Å². The first-order valence-corrected chi connectivity index (χ1v) is 8.95. The Balaban J connectivity index is 1.38. The van der Waals surface area contributed by atoms with Crippen LogP contribution in [-0.4, -0.2) is 71.5 Å². The van der Waals surface area contributed by atoms with Gasteiger partial charge in [-0.25, -0.2) is 0 Å². The molecule has 2 N–H and O–H groups in total. The third kappa shape index (κ3) is 2.54. The molecule has 4 heteroatoms. The van der Waals surface area contributed by atoms with E-state index >= 15 is 0 Å². The Morgan fingerprint density at radius 3 is 1.86 bits per heavy atom. The first-order valence-electron chi connectivity index (χ1n) is 8.95. The highest BCUT2D eigenvalue weighted by Crippen LogP contribution is 2.58. The molecule has 0 aromatic heterocycles. The summed E-state index contributed by atoms with van der Waals surface area (Å²) in [6.07, 6.45) is 6.59. The summed E-state index contributed by atoms with van der Waals surface area (Å²) in [5.74, 6) is 3.00.